The molecular formula is C10H16O10. The van der Waals surface area contributed by atoms with Gasteiger partial charge in [-0.25, -0.2) is 4.79 Å². The van der Waals surface area contributed by atoms with E-state index in [0.29, 0.717) is 0 Å². The Hall–Kier alpha value is -1.30. The highest BCUT2D eigenvalue weighted by Crippen LogP contribution is 2.22. The van der Waals surface area contributed by atoms with Crippen LogP contribution in [0, 0.1) is 0 Å². The Morgan fingerprint density at radius 2 is 1.75 bits per heavy atom. The summed E-state index contributed by atoms with van der Waals surface area (Å²) in [5, 5.41) is 54.7. The van der Waals surface area contributed by atoms with Gasteiger partial charge in [-0.05, 0) is 0 Å². The molecule has 0 aromatic rings. The second-order valence-electron chi connectivity index (χ2n) is 4.25. The van der Waals surface area contributed by atoms with Crippen molar-refractivity contribution in [1.82, 2.24) is 0 Å². The van der Waals surface area contributed by atoms with E-state index in [1.54, 1.807) is 0 Å². The molecule has 0 amide bonds. The molecule has 0 radical (unpaired) electrons. The van der Waals surface area contributed by atoms with Gasteiger partial charge in [-0.3, -0.25) is 4.79 Å². The van der Waals surface area contributed by atoms with E-state index in [0.717, 1.165) is 0 Å². The van der Waals surface area contributed by atoms with Gasteiger partial charge in [0, 0.05) is 0 Å². The van der Waals surface area contributed by atoms with Crippen LogP contribution in [0.1, 0.15) is 6.42 Å². The number of esters is 1. The lowest BCUT2D eigenvalue weighted by atomic mass is 9.99. The van der Waals surface area contributed by atoms with Crippen LogP contribution in [0.25, 0.3) is 0 Å². The van der Waals surface area contributed by atoms with E-state index in [1.165, 1.54) is 0 Å². The van der Waals surface area contributed by atoms with Gasteiger partial charge in [0.2, 0.25) is 6.29 Å². The van der Waals surface area contributed by atoms with Gasteiger partial charge in [0.25, 0.3) is 0 Å². The number of rotatable bonds is 5. The molecule has 0 aliphatic carbocycles. The van der Waals surface area contributed by atoms with E-state index in [2.05, 4.69) is 4.74 Å². The average molecular weight is 296 g/mol. The number of aliphatic hydroxyl groups is 5. The molecule has 1 aliphatic rings. The highest BCUT2D eigenvalue weighted by atomic mass is 16.7. The van der Waals surface area contributed by atoms with Crippen LogP contribution in [0.5, 0.6) is 0 Å². The minimum atomic E-state index is -1.98. The molecular weight excluding hydrogens is 280 g/mol. The molecule has 116 valence electrons. The van der Waals surface area contributed by atoms with Crippen molar-refractivity contribution in [3.8, 4) is 0 Å². The number of aliphatic carboxylic acids is 1. The number of ether oxygens (including phenoxy) is 2. The van der Waals surface area contributed by atoms with Crippen LogP contribution >= 0.6 is 0 Å². The zero-order valence-electron chi connectivity index (χ0n) is 10.2. The standard InChI is InChI=1S/C10H16O10/c11-2-4-6(14)7(15)8(16)10(19-4)20-5(13)1-3(12)9(17)18/h3-4,6-8,10-12,14-16H,1-2H2,(H,17,18)/t3-,4+,6+,7-,8+,10-/m0/s1. The highest BCUT2D eigenvalue weighted by Gasteiger charge is 2.45. The Kier molecular flexibility index (Phi) is 5.80. The Labute approximate surface area is 112 Å². The lowest BCUT2D eigenvalue weighted by molar-refractivity contribution is -0.293. The molecule has 10 heteroatoms. The van der Waals surface area contributed by atoms with E-state index < -0.39 is 61.8 Å². The molecule has 10 nitrogen and oxygen atoms in total. The molecule has 0 unspecified atom stereocenters. The molecule has 20 heavy (non-hydrogen) atoms. The summed E-state index contributed by atoms with van der Waals surface area (Å²) < 4.78 is 9.42. The first-order chi connectivity index (χ1) is 9.27. The van der Waals surface area contributed by atoms with Crippen LogP contribution < -0.4 is 0 Å². The van der Waals surface area contributed by atoms with Gasteiger partial charge in [-0.15, -0.1) is 0 Å². The zero-order valence-corrected chi connectivity index (χ0v) is 10.2. The lowest BCUT2D eigenvalue weighted by Gasteiger charge is -2.39. The lowest BCUT2D eigenvalue weighted by Crippen LogP contribution is -2.59. The van der Waals surface area contributed by atoms with Gasteiger partial charge in [0.1, 0.15) is 24.4 Å². The van der Waals surface area contributed by atoms with Crippen LogP contribution in [0.2, 0.25) is 0 Å². The van der Waals surface area contributed by atoms with Crippen molar-refractivity contribution >= 4 is 11.9 Å². The van der Waals surface area contributed by atoms with Gasteiger partial charge in [-0.2, -0.15) is 0 Å². The zero-order chi connectivity index (χ0) is 15.4. The van der Waals surface area contributed by atoms with Crippen molar-refractivity contribution < 1.29 is 49.7 Å². The molecule has 1 saturated heterocycles. The van der Waals surface area contributed by atoms with Crippen molar-refractivity contribution in [2.24, 2.45) is 0 Å². The third-order valence-electron chi connectivity index (χ3n) is 2.74. The van der Waals surface area contributed by atoms with Crippen molar-refractivity contribution in [2.75, 3.05) is 6.61 Å². The number of hydrogen-bond acceptors (Lipinski definition) is 9. The number of hydrogen-bond donors (Lipinski definition) is 6. The number of carbonyl (C=O) groups excluding carboxylic acids is 1. The van der Waals surface area contributed by atoms with E-state index in [4.69, 9.17) is 20.1 Å². The molecule has 6 N–H and O–H groups in total. The fraction of sp³-hybridized carbons (Fsp3) is 0.800. The van der Waals surface area contributed by atoms with Crippen LogP contribution in [0.15, 0.2) is 0 Å². The normalized spacial score (nSPS) is 35.4. The van der Waals surface area contributed by atoms with E-state index >= 15 is 0 Å². The first kappa shape index (κ1) is 16.8. The fourth-order valence-electron chi connectivity index (χ4n) is 1.59. The maximum absolute atomic E-state index is 11.3. The fourth-order valence-corrected chi connectivity index (χ4v) is 1.59. The van der Waals surface area contributed by atoms with Crippen molar-refractivity contribution in [1.29, 1.82) is 0 Å². The molecule has 0 aromatic heterocycles. The smallest absolute Gasteiger partial charge is 0.333 e. The number of carbonyl (C=O) groups is 2. The summed E-state index contributed by atoms with van der Waals surface area (Å²) in [6, 6.07) is 0. The third-order valence-corrected chi connectivity index (χ3v) is 2.74. The second-order valence-corrected chi connectivity index (χ2v) is 4.25. The summed E-state index contributed by atoms with van der Waals surface area (Å²) in [7, 11) is 0. The molecule has 1 rings (SSSR count). The predicted molar refractivity (Wildman–Crippen MR) is 58.1 cm³/mol. The van der Waals surface area contributed by atoms with Gasteiger partial charge in [0.05, 0.1) is 13.0 Å². The topological polar surface area (TPSA) is 174 Å². The van der Waals surface area contributed by atoms with Gasteiger partial charge in [-0.1, -0.05) is 0 Å². The van der Waals surface area contributed by atoms with Crippen LogP contribution in [0.3, 0.4) is 0 Å². The van der Waals surface area contributed by atoms with Gasteiger partial charge in [0.15, 0.2) is 6.10 Å². The molecule has 0 saturated carbocycles. The first-order valence-corrected chi connectivity index (χ1v) is 5.68. The largest absolute Gasteiger partial charge is 0.479 e. The number of carboxylic acids is 1. The number of carboxylic acid groups (broad SMARTS) is 1. The van der Waals surface area contributed by atoms with E-state index in [-0.39, 0.29) is 0 Å². The number of aliphatic hydroxyl groups excluding tert-OH is 5. The summed E-state index contributed by atoms with van der Waals surface area (Å²) in [6.45, 7) is -0.698. The Morgan fingerprint density at radius 3 is 2.25 bits per heavy atom. The summed E-state index contributed by atoms with van der Waals surface area (Å²) in [5.74, 6) is -2.82. The Balaban J connectivity index is 2.61. The SMILES string of the molecule is O=C(C[C@H](O)C(=O)O)O[C@@H]1O[C@H](CO)[C@@H](O)[C@H](O)[C@H]1O. The van der Waals surface area contributed by atoms with Crippen LogP contribution in [-0.4, -0.2) is 86.0 Å². The highest BCUT2D eigenvalue weighted by molar-refractivity contribution is 5.80. The monoisotopic (exact) mass is 296 g/mol. The third kappa shape index (κ3) is 3.85. The predicted octanol–water partition coefficient (Wildman–Crippen LogP) is -3.83. The minimum absolute atomic E-state index is 0.698. The van der Waals surface area contributed by atoms with Crippen molar-refractivity contribution in [2.45, 2.75) is 43.2 Å². The van der Waals surface area contributed by atoms with Crippen LogP contribution in [-0.2, 0) is 19.1 Å². The van der Waals surface area contributed by atoms with E-state index in [1.807, 2.05) is 0 Å². The summed E-state index contributed by atoms with van der Waals surface area (Å²) >= 11 is 0. The van der Waals surface area contributed by atoms with Crippen molar-refractivity contribution in [3.63, 3.8) is 0 Å². The summed E-state index contributed by atoms with van der Waals surface area (Å²) in [4.78, 5) is 21.7. The first-order valence-electron chi connectivity index (χ1n) is 5.68. The second kappa shape index (κ2) is 6.92. The van der Waals surface area contributed by atoms with Gasteiger partial charge < -0.3 is 40.1 Å². The molecule has 1 aliphatic heterocycles. The molecule has 0 spiro atoms. The Morgan fingerprint density at radius 1 is 1.15 bits per heavy atom. The average Bonchev–Trinajstić information content (AvgIpc) is 2.39. The molecule has 0 bridgehead atoms. The van der Waals surface area contributed by atoms with Crippen molar-refractivity contribution in [3.05, 3.63) is 0 Å². The maximum atomic E-state index is 11.3. The quantitative estimate of drug-likeness (QED) is 0.276. The molecule has 1 heterocycles. The van der Waals surface area contributed by atoms with Gasteiger partial charge >= 0.3 is 11.9 Å². The maximum Gasteiger partial charge on any atom is 0.333 e. The molecule has 6 atom stereocenters. The minimum Gasteiger partial charge on any atom is -0.479 e. The molecule has 1 fully saturated rings. The summed E-state index contributed by atoms with van der Waals surface area (Å²) in [6.07, 6.45) is -10.9. The van der Waals surface area contributed by atoms with E-state index in [9.17, 15) is 24.9 Å². The Bertz CT molecular complexity index is 356. The van der Waals surface area contributed by atoms with Crippen LogP contribution in [0.4, 0.5) is 0 Å². The molecule has 0 aromatic carbocycles. The summed E-state index contributed by atoms with van der Waals surface area (Å²) in [5.41, 5.74) is 0.